The van der Waals surface area contributed by atoms with Crippen LogP contribution >= 0.6 is 11.8 Å². The first-order valence-electron chi connectivity index (χ1n) is 12.9. The molecule has 3 N–H and O–H groups in total. The van der Waals surface area contributed by atoms with Crippen LogP contribution < -0.4 is 20.1 Å². The van der Waals surface area contributed by atoms with E-state index in [1.165, 1.54) is 0 Å². The zero-order chi connectivity index (χ0) is 26.3. The predicted octanol–water partition coefficient (Wildman–Crippen LogP) is 5.31. The third kappa shape index (κ3) is 5.22. The van der Waals surface area contributed by atoms with Crippen molar-refractivity contribution in [2.24, 2.45) is 0 Å². The minimum Gasteiger partial charge on any atom is -0.507 e. The van der Waals surface area contributed by atoms with Gasteiger partial charge in [0.25, 0.3) is 11.1 Å². The molecule has 37 heavy (non-hydrogen) atoms. The molecule has 2 saturated heterocycles. The van der Waals surface area contributed by atoms with E-state index in [0.29, 0.717) is 10.7 Å². The maximum Gasteiger partial charge on any atom is 0.290 e. The van der Waals surface area contributed by atoms with Crippen LogP contribution in [0.2, 0.25) is 0 Å². The van der Waals surface area contributed by atoms with Gasteiger partial charge < -0.3 is 19.9 Å². The Bertz CT molecular complexity index is 1270. The first-order chi connectivity index (χ1) is 17.6. The van der Waals surface area contributed by atoms with Crippen LogP contribution in [0.4, 0.5) is 4.79 Å². The van der Waals surface area contributed by atoms with Crippen molar-refractivity contribution in [1.82, 2.24) is 10.6 Å². The molecule has 3 aliphatic heterocycles. The van der Waals surface area contributed by atoms with Gasteiger partial charge in [0.05, 0.1) is 4.91 Å². The lowest BCUT2D eigenvalue weighted by Gasteiger charge is -2.41. The molecule has 0 bridgehead atoms. The van der Waals surface area contributed by atoms with Crippen LogP contribution in [0.5, 0.6) is 17.2 Å². The van der Waals surface area contributed by atoms with Gasteiger partial charge in [-0.3, -0.25) is 14.9 Å². The zero-order valence-corrected chi connectivity index (χ0v) is 22.6. The van der Waals surface area contributed by atoms with Crippen molar-refractivity contribution in [3.05, 3.63) is 57.0 Å². The number of phenols is 1. The average Bonchev–Trinajstić information content (AvgIpc) is 3.52. The number of benzene rings is 2. The predicted molar refractivity (Wildman–Crippen MR) is 145 cm³/mol. The summed E-state index contributed by atoms with van der Waals surface area (Å²) in [6.07, 6.45) is 6.23. The second-order valence-electron chi connectivity index (χ2n) is 10.6. The molecule has 3 atom stereocenters. The number of hydrogen-bond acceptors (Lipinski definition) is 7. The number of imide groups is 1. The van der Waals surface area contributed by atoms with Crippen LogP contribution in [-0.2, 0) is 11.2 Å². The minimum absolute atomic E-state index is 0.0772. The van der Waals surface area contributed by atoms with E-state index in [-0.39, 0.29) is 23.3 Å². The van der Waals surface area contributed by atoms with Crippen molar-refractivity contribution in [2.45, 2.75) is 77.5 Å². The molecule has 0 aromatic heterocycles. The Morgan fingerprint density at radius 2 is 1.95 bits per heavy atom. The number of nitrogens with one attached hydrogen (secondary N) is 2. The Morgan fingerprint density at radius 1 is 1.19 bits per heavy atom. The largest absolute Gasteiger partial charge is 0.507 e. The van der Waals surface area contributed by atoms with E-state index in [1.807, 2.05) is 45.0 Å². The molecule has 2 aromatic carbocycles. The number of phenolic OH excluding ortho intramolecular Hbond substituents is 1. The Labute approximate surface area is 222 Å². The summed E-state index contributed by atoms with van der Waals surface area (Å²) >= 11 is 0.912. The van der Waals surface area contributed by atoms with Gasteiger partial charge >= 0.3 is 0 Å². The summed E-state index contributed by atoms with van der Waals surface area (Å²) in [7, 11) is 0. The topological polar surface area (TPSA) is 96.9 Å². The van der Waals surface area contributed by atoms with Gasteiger partial charge in [-0.05, 0) is 112 Å². The first-order valence-corrected chi connectivity index (χ1v) is 13.7. The van der Waals surface area contributed by atoms with Crippen LogP contribution in [0.15, 0.2) is 29.2 Å². The number of fused-ring (bicyclic) bond motifs is 1. The lowest BCUT2D eigenvalue weighted by Crippen LogP contribution is -2.47. The van der Waals surface area contributed by atoms with E-state index >= 15 is 0 Å². The number of rotatable bonds is 6. The first kappa shape index (κ1) is 25.7. The third-order valence-corrected chi connectivity index (χ3v) is 8.69. The number of thioether (sulfide) groups is 1. The molecule has 0 radical (unpaired) electrons. The maximum absolute atomic E-state index is 11.8. The van der Waals surface area contributed by atoms with Crippen LogP contribution in [0.1, 0.15) is 60.4 Å². The van der Waals surface area contributed by atoms with Crippen LogP contribution in [0, 0.1) is 20.8 Å². The van der Waals surface area contributed by atoms with Crippen LogP contribution in [0.25, 0.3) is 6.08 Å². The summed E-state index contributed by atoms with van der Waals surface area (Å²) in [5.74, 6) is 1.68. The highest BCUT2D eigenvalue weighted by Crippen LogP contribution is 2.45. The fraction of sp³-hybridized carbons (Fsp3) is 0.448. The second kappa shape index (κ2) is 10.1. The fourth-order valence-electron chi connectivity index (χ4n) is 5.55. The smallest absolute Gasteiger partial charge is 0.290 e. The molecular formula is C29H34N2O5S. The highest BCUT2D eigenvalue weighted by molar-refractivity contribution is 8.18. The lowest BCUT2D eigenvalue weighted by molar-refractivity contribution is -0.115. The zero-order valence-electron chi connectivity index (χ0n) is 21.8. The number of amides is 2. The van der Waals surface area contributed by atoms with E-state index in [4.69, 9.17) is 9.47 Å². The highest BCUT2D eigenvalue weighted by atomic mass is 32.2. The van der Waals surface area contributed by atoms with Crippen molar-refractivity contribution < 1.29 is 24.2 Å². The summed E-state index contributed by atoms with van der Waals surface area (Å²) < 4.78 is 13.3. The molecule has 5 rings (SSSR count). The van der Waals surface area contributed by atoms with E-state index < -0.39 is 5.60 Å². The van der Waals surface area contributed by atoms with Crippen molar-refractivity contribution in [1.29, 1.82) is 0 Å². The molecule has 0 saturated carbocycles. The summed E-state index contributed by atoms with van der Waals surface area (Å²) in [6, 6.07) is 7.85. The quantitative estimate of drug-likeness (QED) is 0.442. The summed E-state index contributed by atoms with van der Waals surface area (Å²) in [6.45, 7) is 9.07. The maximum atomic E-state index is 11.8. The Hall–Kier alpha value is -2.97. The number of carbonyl (C=O) groups is 2. The Balaban J connectivity index is 1.34. The Morgan fingerprint density at radius 3 is 2.59 bits per heavy atom. The van der Waals surface area contributed by atoms with E-state index in [2.05, 4.69) is 17.6 Å². The standard InChI is InChI=1S/C29H34N2O5S/c1-16-17(2)26-21(18(3)25(16)32)11-12-29(4,36-26)15-23(22-6-5-13-30-22)35-20-9-7-19(8-10-20)14-24-27(33)31-28(34)37-24/h7-10,14,22-23,30,32H,5-6,11-13,15H2,1-4H3,(H,31,33,34)/t22-,23?,29?/m0/s1. The molecule has 3 heterocycles. The van der Waals surface area contributed by atoms with Gasteiger partial charge in [0, 0.05) is 18.0 Å². The lowest BCUT2D eigenvalue weighted by atomic mass is 9.83. The summed E-state index contributed by atoms with van der Waals surface area (Å²) in [5, 5.41) is 16.1. The van der Waals surface area contributed by atoms with Crippen molar-refractivity contribution in [3.8, 4) is 17.2 Å². The van der Waals surface area contributed by atoms with Crippen LogP contribution in [0.3, 0.4) is 0 Å². The van der Waals surface area contributed by atoms with Crippen molar-refractivity contribution >= 4 is 29.0 Å². The van der Waals surface area contributed by atoms with Crippen LogP contribution in [-0.4, -0.2) is 40.5 Å². The number of hydrogen-bond donors (Lipinski definition) is 3. The number of carbonyl (C=O) groups excluding carboxylic acids is 2. The van der Waals surface area contributed by atoms with E-state index in [9.17, 15) is 14.7 Å². The Kier molecular flexibility index (Phi) is 6.98. The molecule has 2 amide bonds. The van der Waals surface area contributed by atoms with Crippen molar-refractivity contribution in [3.63, 3.8) is 0 Å². The van der Waals surface area contributed by atoms with Gasteiger partial charge in [0.15, 0.2) is 0 Å². The molecule has 8 heteroatoms. The molecule has 3 aliphatic rings. The van der Waals surface area contributed by atoms with Gasteiger partial charge in [0.2, 0.25) is 0 Å². The minimum atomic E-state index is -0.396. The molecule has 0 aliphatic carbocycles. The SMILES string of the molecule is Cc1c(C)c2c(c(C)c1O)CCC(C)(CC(Oc1ccc(C=C3SC(=O)NC3=O)cc1)[C@@H]1CCCN1)O2. The normalized spacial score (nSPS) is 25.1. The third-order valence-electron chi connectivity index (χ3n) is 7.88. The highest BCUT2D eigenvalue weighted by Gasteiger charge is 2.40. The van der Waals surface area contributed by atoms with E-state index in [0.717, 1.165) is 89.7 Å². The van der Waals surface area contributed by atoms with Crippen molar-refractivity contribution in [2.75, 3.05) is 6.54 Å². The van der Waals surface area contributed by atoms with Gasteiger partial charge in [-0.2, -0.15) is 0 Å². The molecule has 2 unspecified atom stereocenters. The fourth-order valence-corrected chi connectivity index (χ4v) is 6.23. The average molecular weight is 523 g/mol. The molecule has 7 nitrogen and oxygen atoms in total. The monoisotopic (exact) mass is 522 g/mol. The second-order valence-corrected chi connectivity index (χ2v) is 11.6. The van der Waals surface area contributed by atoms with Gasteiger partial charge in [-0.15, -0.1) is 0 Å². The van der Waals surface area contributed by atoms with E-state index in [1.54, 1.807) is 6.08 Å². The molecule has 196 valence electrons. The van der Waals surface area contributed by atoms with Gasteiger partial charge in [-0.25, -0.2) is 0 Å². The molecular weight excluding hydrogens is 488 g/mol. The molecule has 0 spiro atoms. The summed E-state index contributed by atoms with van der Waals surface area (Å²) in [5.41, 5.74) is 4.33. The number of ether oxygens (including phenoxy) is 2. The summed E-state index contributed by atoms with van der Waals surface area (Å²) in [4.78, 5) is 23.7. The molecule has 2 fully saturated rings. The number of aromatic hydroxyl groups is 1. The van der Waals surface area contributed by atoms with Gasteiger partial charge in [0.1, 0.15) is 29.0 Å². The van der Waals surface area contributed by atoms with Gasteiger partial charge in [-0.1, -0.05) is 12.1 Å². The molecule has 2 aromatic rings.